The number of aliphatic carboxylic acids is 1. The maximum absolute atomic E-state index is 12.4. The van der Waals surface area contributed by atoms with Crippen LogP contribution in [0.1, 0.15) is 38.3 Å². The number of carboxylic acids is 1. The summed E-state index contributed by atoms with van der Waals surface area (Å²) < 4.78 is 0. The molecule has 1 aliphatic heterocycles. The molecule has 1 aromatic carbocycles. The van der Waals surface area contributed by atoms with E-state index in [0.29, 0.717) is 19.5 Å². The van der Waals surface area contributed by atoms with Crippen LogP contribution in [0.3, 0.4) is 0 Å². The first-order valence-electron chi connectivity index (χ1n) is 7.55. The van der Waals surface area contributed by atoms with E-state index in [1.165, 1.54) is 0 Å². The summed E-state index contributed by atoms with van der Waals surface area (Å²) in [7, 11) is 0. The normalized spacial score (nSPS) is 16.5. The van der Waals surface area contributed by atoms with Crippen LogP contribution in [0.2, 0.25) is 0 Å². The Morgan fingerprint density at radius 1 is 1.36 bits per heavy atom. The van der Waals surface area contributed by atoms with Crippen molar-refractivity contribution in [3.8, 4) is 0 Å². The number of urea groups is 1. The Hall–Kier alpha value is -2.08. The fourth-order valence-corrected chi connectivity index (χ4v) is 2.64. The molecule has 1 atom stereocenters. The van der Waals surface area contributed by atoms with E-state index in [2.05, 4.69) is 0 Å². The number of nitrogens with zero attached hydrogens (tertiary/aromatic N) is 2. The Bertz CT molecular complexity index is 559. The minimum absolute atomic E-state index is 0.00579. The Kier molecular flexibility index (Phi) is 5.03. The fraction of sp³-hybridized carbons (Fsp3) is 0.500. The first-order valence-corrected chi connectivity index (χ1v) is 7.55. The first kappa shape index (κ1) is 16.3. The van der Waals surface area contributed by atoms with Gasteiger partial charge < -0.3 is 15.7 Å². The van der Waals surface area contributed by atoms with Gasteiger partial charge in [-0.2, -0.15) is 0 Å². The second-order valence-electron chi connectivity index (χ2n) is 5.86. The number of rotatable bonds is 6. The molecular weight excluding hydrogens is 282 g/mol. The number of carbonyl (C=O) groups is 2. The average Bonchev–Trinajstić information content (AvgIpc) is 2.86. The maximum atomic E-state index is 12.4. The Balaban J connectivity index is 2.12. The largest absolute Gasteiger partial charge is 0.481 e. The number of benzene rings is 1. The van der Waals surface area contributed by atoms with Crippen molar-refractivity contribution in [2.75, 3.05) is 18.0 Å². The van der Waals surface area contributed by atoms with Gasteiger partial charge in [0.05, 0.1) is 0 Å². The molecule has 6 heteroatoms. The average molecular weight is 305 g/mol. The SMILES string of the molecule is CC(C)N1CCN(c2cccc(C(N)CCC(=O)O)c2)C1=O. The van der Waals surface area contributed by atoms with Crippen LogP contribution in [0.5, 0.6) is 0 Å². The van der Waals surface area contributed by atoms with Crippen molar-refractivity contribution < 1.29 is 14.7 Å². The highest BCUT2D eigenvalue weighted by Crippen LogP contribution is 2.25. The molecule has 0 spiro atoms. The van der Waals surface area contributed by atoms with Crippen LogP contribution >= 0.6 is 0 Å². The van der Waals surface area contributed by atoms with E-state index in [4.69, 9.17) is 10.8 Å². The minimum Gasteiger partial charge on any atom is -0.481 e. The monoisotopic (exact) mass is 305 g/mol. The van der Waals surface area contributed by atoms with E-state index in [0.717, 1.165) is 11.3 Å². The molecule has 1 aliphatic rings. The van der Waals surface area contributed by atoms with Gasteiger partial charge in [-0.1, -0.05) is 12.1 Å². The second-order valence-corrected chi connectivity index (χ2v) is 5.86. The van der Waals surface area contributed by atoms with Crippen LogP contribution in [-0.4, -0.2) is 41.1 Å². The van der Waals surface area contributed by atoms with Crippen LogP contribution in [0.4, 0.5) is 10.5 Å². The van der Waals surface area contributed by atoms with Crippen molar-refractivity contribution in [3.05, 3.63) is 29.8 Å². The van der Waals surface area contributed by atoms with Crippen molar-refractivity contribution in [2.45, 2.75) is 38.8 Å². The lowest BCUT2D eigenvalue weighted by Crippen LogP contribution is -2.36. The topological polar surface area (TPSA) is 86.9 Å². The fourth-order valence-electron chi connectivity index (χ4n) is 2.64. The van der Waals surface area contributed by atoms with E-state index in [-0.39, 0.29) is 24.5 Å². The molecule has 2 rings (SSSR count). The third kappa shape index (κ3) is 3.57. The molecule has 0 radical (unpaired) electrons. The summed E-state index contributed by atoms with van der Waals surface area (Å²) in [5.74, 6) is -0.853. The van der Waals surface area contributed by atoms with Gasteiger partial charge >= 0.3 is 12.0 Å². The van der Waals surface area contributed by atoms with Gasteiger partial charge in [0, 0.05) is 37.3 Å². The number of hydrogen-bond donors (Lipinski definition) is 2. The number of anilines is 1. The Morgan fingerprint density at radius 3 is 2.68 bits per heavy atom. The van der Waals surface area contributed by atoms with Crippen LogP contribution in [0, 0.1) is 0 Å². The molecule has 22 heavy (non-hydrogen) atoms. The number of hydrogen-bond acceptors (Lipinski definition) is 3. The molecule has 0 aliphatic carbocycles. The number of amides is 2. The Morgan fingerprint density at radius 2 is 2.09 bits per heavy atom. The number of carbonyl (C=O) groups excluding carboxylic acids is 1. The highest BCUT2D eigenvalue weighted by Gasteiger charge is 2.31. The lowest BCUT2D eigenvalue weighted by Gasteiger charge is -2.22. The summed E-state index contributed by atoms with van der Waals surface area (Å²) in [6, 6.07) is 7.34. The lowest BCUT2D eigenvalue weighted by molar-refractivity contribution is -0.137. The highest BCUT2D eigenvalue weighted by molar-refractivity contribution is 5.94. The van der Waals surface area contributed by atoms with Crippen molar-refractivity contribution in [1.29, 1.82) is 0 Å². The predicted octanol–water partition coefficient (Wildman–Crippen LogP) is 2.20. The third-order valence-corrected chi connectivity index (χ3v) is 3.94. The van der Waals surface area contributed by atoms with Gasteiger partial charge in [0.1, 0.15) is 0 Å². The van der Waals surface area contributed by atoms with Crippen LogP contribution in [-0.2, 0) is 4.79 Å². The van der Waals surface area contributed by atoms with E-state index in [1.54, 1.807) is 4.90 Å². The molecule has 1 aromatic rings. The molecule has 120 valence electrons. The van der Waals surface area contributed by atoms with Crippen LogP contribution < -0.4 is 10.6 Å². The number of nitrogens with two attached hydrogens (primary N) is 1. The van der Waals surface area contributed by atoms with E-state index >= 15 is 0 Å². The molecular formula is C16H23N3O3. The highest BCUT2D eigenvalue weighted by atomic mass is 16.4. The van der Waals surface area contributed by atoms with Gasteiger partial charge in [-0.05, 0) is 38.0 Å². The van der Waals surface area contributed by atoms with Crippen LogP contribution in [0.25, 0.3) is 0 Å². The molecule has 1 unspecified atom stereocenters. The summed E-state index contributed by atoms with van der Waals surface area (Å²) in [6.45, 7) is 5.37. The zero-order chi connectivity index (χ0) is 16.3. The second kappa shape index (κ2) is 6.79. The summed E-state index contributed by atoms with van der Waals surface area (Å²) in [6.07, 6.45) is 0.417. The maximum Gasteiger partial charge on any atom is 0.324 e. The van der Waals surface area contributed by atoms with Crippen molar-refractivity contribution in [1.82, 2.24) is 4.90 Å². The quantitative estimate of drug-likeness (QED) is 0.843. The molecule has 1 saturated heterocycles. The standard InChI is InChI=1S/C16H23N3O3/c1-11(2)18-8-9-19(16(18)22)13-5-3-4-12(10-13)14(17)6-7-15(20)21/h3-5,10-11,14H,6-9,17H2,1-2H3,(H,20,21). The first-order chi connectivity index (χ1) is 10.4. The van der Waals surface area contributed by atoms with Gasteiger partial charge in [-0.25, -0.2) is 4.79 Å². The molecule has 1 heterocycles. The summed E-state index contributed by atoms with van der Waals surface area (Å²) in [4.78, 5) is 26.6. The van der Waals surface area contributed by atoms with Crippen LogP contribution in [0.15, 0.2) is 24.3 Å². The van der Waals surface area contributed by atoms with Crippen molar-refractivity contribution in [2.24, 2.45) is 5.73 Å². The van der Waals surface area contributed by atoms with Gasteiger partial charge in [0.25, 0.3) is 0 Å². The summed E-state index contributed by atoms with van der Waals surface area (Å²) in [5, 5.41) is 8.74. The Labute approximate surface area is 130 Å². The zero-order valence-electron chi connectivity index (χ0n) is 13.0. The predicted molar refractivity (Wildman–Crippen MR) is 84.8 cm³/mol. The van der Waals surface area contributed by atoms with Gasteiger partial charge in [0.2, 0.25) is 0 Å². The lowest BCUT2D eigenvalue weighted by atomic mass is 10.0. The third-order valence-electron chi connectivity index (χ3n) is 3.94. The van der Waals surface area contributed by atoms with E-state index in [9.17, 15) is 9.59 Å². The smallest absolute Gasteiger partial charge is 0.324 e. The molecule has 0 aromatic heterocycles. The molecule has 1 fully saturated rings. The van der Waals surface area contributed by atoms with E-state index < -0.39 is 5.97 Å². The molecule has 6 nitrogen and oxygen atoms in total. The van der Waals surface area contributed by atoms with E-state index in [1.807, 2.05) is 43.0 Å². The van der Waals surface area contributed by atoms with Crippen molar-refractivity contribution in [3.63, 3.8) is 0 Å². The van der Waals surface area contributed by atoms with Gasteiger partial charge in [-0.3, -0.25) is 9.69 Å². The summed E-state index contributed by atoms with van der Waals surface area (Å²) in [5.41, 5.74) is 7.72. The molecule has 0 saturated carbocycles. The number of carboxylic acid groups (broad SMARTS) is 1. The molecule has 3 N–H and O–H groups in total. The van der Waals surface area contributed by atoms with Gasteiger partial charge in [0.15, 0.2) is 0 Å². The molecule has 0 bridgehead atoms. The van der Waals surface area contributed by atoms with Crippen molar-refractivity contribution >= 4 is 17.7 Å². The van der Waals surface area contributed by atoms with Gasteiger partial charge in [-0.15, -0.1) is 0 Å². The zero-order valence-corrected chi connectivity index (χ0v) is 13.0. The molecule has 2 amide bonds. The summed E-state index contributed by atoms with van der Waals surface area (Å²) >= 11 is 0. The minimum atomic E-state index is -0.853.